The van der Waals surface area contributed by atoms with Crippen molar-refractivity contribution in [3.63, 3.8) is 0 Å². The molecule has 0 saturated heterocycles. The van der Waals surface area contributed by atoms with Crippen molar-refractivity contribution in [3.8, 4) is 0 Å². The average molecular weight is 319 g/mol. The number of nitro benzene ring substituents is 1. The zero-order valence-electron chi connectivity index (χ0n) is 10.9. The highest BCUT2D eigenvalue weighted by Crippen LogP contribution is 2.39. The van der Waals surface area contributed by atoms with Crippen LogP contribution in [0.5, 0.6) is 0 Å². The third-order valence-corrected chi connectivity index (χ3v) is 4.34. The summed E-state index contributed by atoms with van der Waals surface area (Å²) in [7, 11) is 0. The van der Waals surface area contributed by atoms with Gasteiger partial charge in [0.05, 0.1) is 32.8 Å². The van der Waals surface area contributed by atoms with Crippen LogP contribution in [0.3, 0.4) is 0 Å². The summed E-state index contributed by atoms with van der Waals surface area (Å²) in [6.45, 7) is -0.0172. The van der Waals surface area contributed by atoms with Gasteiger partial charge in [-0.1, -0.05) is 42.5 Å². The molecule has 7 heteroatoms. The molecule has 0 atom stereocenters. The molecule has 0 radical (unpaired) electrons. The number of non-ortho nitro benzene ring substituents is 1. The number of nitro groups is 1. The molecule has 0 heterocycles. The highest BCUT2D eigenvalue weighted by molar-refractivity contribution is 6.39. The summed E-state index contributed by atoms with van der Waals surface area (Å²) in [5, 5.41) is 24.0. The molecule has 0 aliphatic heterocycles. The molecule has 0 aromatic heterocycles. The standard InChI is InChI=1S/C13H16Cl2N2O3/c14-10-6-9(17(19)20)7-11(15)12(10)16-13(8-18)4-2-1-3-5-13/h6-7,16,18H,1-5,8H2. The van der Waals surface area contributed by atoms with Crippen LogP contribution in [0.15, 0.2) is 12.1 Å². The lowest BCUT2D eigenvalue weighted by Gasteiger charge is -2.37. The number of anilines is 1. The molecule has 2 N–H and O–H groups in total. The van der Waals surface area contributed by atoms with E-state index in [9.17, 15) is 15.2 Å². The van der Waals surface area contributed by atoms with Crippen LogP contribution in [0.1, 0.15) is 32.1 Å². The zero-order chi connectivity index (χ0) is 14.8. The predicted molar refractivity (Wildman–Crippen MR) is 79.6 cm³/mol. The minimum atomic E-state index is -0.538. The van der Waals surface area contributed by atoms with E-state index in [0.717, 1.165) is 32.1 Å². The van der Waals surface area contributed by atoms with Gasteiger partial charge in [-0.05, 0) is 12.8 Å². The van der Waals surface area contributed by atoms with Gasteiger partial charge in [0.15, 0.2) is 0 Å². The van der Waals surface area contributed by atoms with Crippen molar-refractivity contribution >= 4 is 34.6 Å². The van der Waals surface area contributed by atoms with Gasteiger partial charge in [0.1, 0.15) is 0 Å². The first kappa shape index (κ1) is 15.4. The number of aliphatic hydroxyl groups is 1. The number of nitrogens with one attached hydrogen (secondary N) is 1. The third kappa shape index (κ3) is 3.16. The van der Waals surface area contributed by atoms with Gasteiger partial charge in [0.2, 0.25) is 0 Å². The van der Waals surface area contributed by atoms with Crippen molar-refractivity contribution in [2.45, 2.75) is 37.6 Å². The van der Waals surface area contributed by atoms with E-state index >= 15 is 0 Å². The summed E-state index contributed by atoms with van der Waals surface area (Å²) in [5.41, 5.74) is -0.135. The molecular weight excluding hydrogens is 303 g/mol. The lowest BCUT2D eigenvalue weighted by atomic mass is 9.82. The molecule has 1 saturated carbocycles. The second-order valence-electron chi connectivity index (χ2n) is 5.17. The molecule has 1 aromatic rings. The molecule has 0 unspecified atom stereocenters. The monoisotopic (exact) mass is 318 g/mol. The SMILES string of the molecule is O=[N+]([O-])c1cc(Cl)c(NC2(CO)CCCCC2)c(Cl)c1. The topological polar surface area (TPSA) is 75.4 Å². The van der Waals surface area contributed by atoms with Gasteiger partial charge < -0.3 is 10.4 Å². The molecule has 0 amide bonds. The van der Waals surface area contributed by atoms with Crippen LogP contribution in [0.2, 0.25) is 10.0 Å². The Morgan fingerprint density at radius 3 is 2.25 bits per heavy atom. The molecule has 1 aromatic carbocycles. The number of hydrogen-bond acceptors (Lipinski definition) is 4. The van der Waals surface area contributed by atoms with Crippen molar-refractivity contribution in [1.29, 1.82) is 0 Å². The molecule has 1 aliphatic rings. The third-order valence-electron chi connectivity index (χ3n) is 3.74. The van der Waals surface area contributed by atoms with Crippen molar-refractivity contribution < 1.29 is 10.0 Å². The maximum absolute atomic E-state index is 10.8. The molecule has 2 rings (SSSR count). The van der Waals surface area contributed by atoms with Gasteiger partial charge in [-0.2, -0.15) is 0 Å². The van der Waals surface area contributed by atoms with E-state index < -0.39 is 10.5 Å². The van der Waals surface area contributed by atoms with E-state index in [1.165, 1.54) is 12.1 Å². The number of hydrogen-bond donors (Lipinski definition) is 2. The van der Waals surface area contributed by atoms with E-state index in [1.54, 1.807) is 0 Å². The highest BCUT2D eigenvalue weighted by atomic mass is 35.5. The summed E-state index contributed by atoms with van der Waals surface area (Å²) in [4.78, 5) is 10.2. The van der Waals surface area contributed by atoms with Crippen LogP contribution in [0.4, 0.5) is 11.4 Å². The van der Waals surface area contributed by atoms with Crippen LogP contribution in [-0.2, 0) is 0 Å². The van der Waals surface area contributed by atoms with E-state index in [-0.39, 0.29) is 22.3 Å². The fourth-order valence-corrected chi connectivity index (χ4v) is 3.17. The van der Waals surface area contributed by atoms with Gasteiger partial charge in [0, 0.05) is 12.1 Å². The number of nitrogens with zero attached hydrogens (tertiary/aromatic N) is 1. The lowest BCUT2D eigenvalue weighted by molar-refractivity contribution is -0.384. The summed E-state index contributed by atoms with van der Waals surface area (Å²) >= 11 is 12.2. The van der Waals surface area contributed by atoms with E-state index in [2.05, 4.69) is 5.32 Å². The van der Waals surface area contributed by atoms with E-state index in [1.807, 2.05) is 0 Å². The van der Waals surface area contributed by atoms with Crippen LogP contribution in [-0.4, -0.2) is 22.2 Å². The molecule has 5 nitrogen and oxygen atoms in total. The Hall–Kier alpha value is -1.04. The predicted octanol–water partition coefficient (Wildman–Crippen LogP) is 4.01. The highest BCUT2D eigenvalue weighted by Gasteiger charge is 2.32. The number of rotatable bonds is 4. The van der Waals surface area contributed by atoms with Crippen molar-refractivity contribution in [1.82, 2.24) is 0 Å². The van der Waals surface area contributed by atoms with Crippen molar-refractivity contribution in [2.24, 2.45) is 0 Å². The largest absolute Gasteiger partial charge is 0.394 e. The quantitative estimate of drug-likeness (QED) is 0.649. The fraction of sp³-hybridized carbons (Fsp3) is 0.538. The number of halogens is 2. The first-order chi connectivity index (χ1) is 9.47. The molecule has 1 fully saturated rings. The first-order valence-corrected chi connectivity index (χ1v) is 7.25. The van der Waals surface area contributed by atoms with E-state index in [4.69, 9.17) is 23.2 Å². The Morgan fingerprint density at radius 2 is 1.80 bits per heavy atom. The lowest BCUT2D eigenvalue weighted by Crippen LogP contribution is -2.44. The van der Waals surface area contributed by atoms with Crippen LogP contribution in [0.25, 0.3) is 0 Å². The minimum absolute atomic E-state index is 0.0172. The summed E-state index contributed by atoms with van der Waals surface area (Å²) in [6.07, 6.45) is 4.84. The van der Waals surface area contributed by atoms with Gasteiger partial charge >= 0.3 is 0 Å². The Morgan fingerprint density at radius 1 is 1.25 bits per heavy atom. The normalized spacial score (nSPS) is 17.8. The molecule has 1 aliphatic carbocycles. The number of aliphatic hydroxyl groups excluding tert-OH is 1. The summed E-state index contributed by atoms with van der Waals surface area (Å²) in [6, 6.07) is 2.54. The molecule has 0 spiro atoms. The van der Waals surface area contributed by atoms with Crippen LogP contribution in [0, 0.1) is 10.1 Å². The fourth-order valence-electron chi connectivity index (χ4n) is 2.60. The van der Waals surface area contributed by atoms with E-state index in [0.29, 0.717) is 5.69 Å². The smallest absolute Gasteiger partial charge is 0.272 e. The van der Waals surface area contributed by atoms with Gasteiger partial charge in [-0.25, -0.2) is 0 Å². The van der Waals surface area contributed by atoms with Crippen molar-refractivity contribution in [3.05, 3.63) is 32.3 Å². The molecule has 110 valence electrons. The van der Waals surface area contributed by atoms with Gasteiger partial charge in [-0.15, -0.1) is 0 Å². The van der Waals surface area contributed by atoms with Crippen LogP contribution < -0.4 is 5.32 Å². The Balaban J connectivity index is 2.30. The second-order valence-corrected chi connectivity index (χ2v) is 5.98. The Kier molecular flexibility index (Phi) is 4.73. The van der Waals surface area contributed by atoms with Gasteiger partial charge in [-0.3, -0.25) is 10.1 Å². The van der Waals surface area contributed by atoms with Crippen LogP contribution >= 0.6 is 23.2 Å². The van der Waals surface area contributed by atoms with Gasteiger partial charge in [0.25, 0.3) is 5.69 Å². The maximum atomic E-state index is 10.8. The molecular formula is C13H16Cl2N2O3. The second kappa shape index (κ2) is 6.16. The minimum Gasteiger partial charge on any atom is -0.394 e. The molecule has 20 heavy (non-hydrogen) atoms. The summed E-state index contributed by atoms with van der Waals surface area (Å²) < 4.78 is 0. The Bertz CT molecular complexity index is 493. The number of benzene rings is 1. The maximum Gasteiger partial charge on any atom is 0.272 e. The zero-order valence-corrected chi connectivity index (χ0v) is 12.4. The Labute approximate surface area is 127 Å². The summed E-state index contributed by atoms with van der Waals surface area (Å²) in [5.74, 6) is 0. The molecule has 0 bridgehead atoms. The van der Waals surface area contributed by atoms with Crippen molar-refractivity contribution in [2.75, 3.05) is 11.9 Å². The first-order valence-electron chi connectivity index (χ1n) is 6.50. The average Bonchev–Trinajstić information content (AvgIpc) is 2.43.